The number of nitrogens with zero attached hydrogens (tertiary/aromatic N) is 2. The number of methoxy groups -OCH3 is 1. The van der Waals surface area contributed by atoms with Gasteiger partial charge in [0.1, 0.15) is 11.5 Å². The summed E-state index contributed by atoms with van der Waals surface area (Å²) in [5.41, 5.74) is 5.28. The summed E-state index contributed by atoms with van der Waals surface area (Å²) in [6.45, 7) is 6.39. The highest BCUT2D eigenvalue weighted by Crippen LogP contribution is 2.25. The maximum absolute atomic E-state index is 12.6. The fraction of sp³-hybridized carbons (Fsp3) is 0.348. The summed E-state index contributed by atoms with van der Waals surface area (Å²) < 4.78 is 5.39. The third kappa shape index (κ3) is 4.83. The molecule has 0 saturated heterocycles. The lowest BCUT2D eigenvalue weighted by Gasteiger charge is -2.24. The average Bonchev–Trinajstić information content (AvgIpc) is 2.70. The lowest BCUT2D eigenvalue weighted by molar-refractivity contribution is -0.118. The summed E-state index contributed by atoms with van der Waals surface area (Å²) >= 11 is 0. The quantitative estimate of drug-likeness (QED) is 0.817. The molecule has 1 aliphatic rings. The van der Waals surface area contributed by atoms with E-state index < -0.39 is 0 Å². The van der Waals surface area contributed by atoms with E-state index in [4.69, 9.17) is 4.74 Å². The monoisotopic (exact) mass is 393 g/mol. The molecule has 6 nitrogen and oxygen atoms in total. The molecular weight excluding hydrogens is 366 g/mol. The van der Waals surface area contributed by atoms with Crippen LogP contribution in [0.2, 0.25) is 0 Å². The molecule has 0 aliphatic carbocycles. The third-order valence-electron chi connectivity index (χ3n) is 5.00. The summed E-state index contributed by atoms with van der Waals surface area (Å²) in [7, 11) is 1.64. The lowest BCUT2D eigenvalue weighted by atomic mass is 10.1. The average molecular weight is 393 g/mol. The van der Waals surface area contributed by atoms with E-state index in [-0.39, 0.29) is 18.2 Å². The fourth-order valence-corrected chi connectivity index (χ4v) is 3.37. The van der Waals surface area contributed by atoms with Gasteiger partial charge in [0.15, 0.2) is 0 Å². The van der Waals surface area contributed by atoms with E-state index in [0.717, 1.165) is 33.7 Å². The van der Waals surface area contributed by atoms with Crippen molar-refractivity contribution in [1.29, 1.82) is 0 Å². The van der Waals surface area contributed by atoms with Gasteiger partial charge >= 0.3 is 0 Å². The number of hydrogen-bond donors (Lipinski definition) is 1. The van der Waals surface area contributed by atoms with Gasteiger partial charge in [-0.05, 0) is 56.0 Å². The van der Waals surface area contributed by atoms with Crippen molar-refractivity contribution >= 4 is 23.2 Å². The highest BCUT2D eigenvalue weighted by Gasteiger charge is 2.26. The van der Waals surface area contributed by atoms with Crippen molar-refractivity contribution in [3.8, 4) is 5.75 Å². The zero-order chi connectivity index (χ0) is 21.0. The number of rotatable bonds is 6. The number of carbonyl (C=O) groups is 2. The SMILES string of the molecule is COc1ccc(C)cc1CCNC(=O)C1=NN(c2cc(C)ccc2C)C(=O)CC1. The van der Waals surface area contributed by atoms with Crippen LogP contribution >= 0.6 is 0 Å². The molecule has 0 fully saturated rings. The lowest BCUT2D eigenvalue weighted by Crippen LogP contribution is -2.40. The molecule has 0 radical (unpaired) electrons. The van der Waals surface area contributed by atoms with Crippen LogP contribution in [0, 0.1) is 20.8 Å². The minimum atomic E-state index is -0.237. The van der Waals surface area contributed by atoms with Gasteiger partial charge in [-0.1, -0.05) is 29.8 Å². The summed E-state index contributed by atoms with van der Waals surface area (Å²) in [5, 5.41) is 8.66. The highest BCUT2D eigenvalue weighted by atomic mass is 16.5. The van der Waals surface area contributed by atoms with Crippen molar-refractivity contribution in [1.82, 2.24) is 5.32 Å². The minimum absolute atomic E-state index is 0.0975. The molecule has 0 aromatic heterocycles. The van der Waals surface area contributed by atoms with Crippen LogP contribution in [0.4, 0.5) is 5.69 Å². The minimum Gasteiger partial charge on any atom is -0.496 e. The summed E-state index contributed by atoms with van der Waals surface area (Å²) in [5.74, 6) is 0.478. The second kappa shape index (κ2) is 8.90. The standard InChI is InChI=1S/C23H27N3O3/c1-15-6-9-21(29-4)18(13-15)11-12-24-23(28)19-8-10-22(27)26(25-19)20-14-16(2)5-7-17(20)3/h5-7,9,13-14H,8,10-12H2,1-4H3,(H,24,28). The van der Waals surface area contributed by atoms with Gasteiger partial charge < -0.3 is 10.1 Å². The molecular formula is C23H27N3O3. The van der Waals surface area contributed by atoms with Crippen molar-refractivity contribution in [3.05, 3.63) is 58.7 Å². The zero-order valence-electron chi connectivity index (χ0n) is 17.4. The molecule has 2 aromatic carbocycles. The van der Waals surface area contributed by atoms with Gasteiger partial charge in [0.05, 0.1) is 12.8 Å². The Bertz CT molecular complexity index is 966. The number of nitrogens with one attached hydrogen (secondary N) is 1. The first-order valence-electron chi connectivity index (χ1n) is 9.78. The molecule has 29 heavy (non-hydrogen) atoms. The topological polar surface area (TPSA) is 71.0 Å². The summed E-state index contributed by atoms with van der Waals surface area (Å²) in [6, 6.07) is 11.9. The van der Waals surface area contributed by atoms with E-state index in [9.17, 15) is 9.59 Å². The van der Waals surface area contributed by atoms with Gasteiger partial charge in [-0.3, -0.25) is 9.59 Å². The molecule has 6 heteroatoms. The zero-order valence-corrected chi connectivity index (χ0v) is 17.4. The number of hydrogen-bond acceptors (Lipinski definition) is 4. The van der Waals surface area contributed by atoms with Crippen molar-refractivity contribution in [3.63, 3.8) is 0 Å². The molecule has 3 rings (SSSR count). The summed E-state index contributed by atoms with van der Waals surface area (Å²) in [6.07, 6.45) is 1.27. The Morgan fingerprint density at radius 2 is 1.83 bits per heavy atom. The maximum Gasteiger partial charge on any atom is 0.267 e. The molecule has 0 saturated carbocycles. The van der Waals surface area contributed by atoms with Crippen LogP contribution in [0.1, 0.15) is 35.1 Å². The Balaban J connectivity index is 1.70. The number of hydrazone groups is 1. The van der Waals surface area contributed by atoms with E-state index in [1.807, 2.05) is 51.1 Å². The number of aryl methyl sites for hydroxylation is 3. The maximum atomic E-state index is 12.6. The van der Waals surface area contributed by atoms with Crippen molar-refractivity contribution in [2.24, 2.45) is 5.10 Å². The van der Waals surface area contributed by atoms with Gasteiger partial charge in [0.25, 0.3) is 5.91 Å². The van der Waals surface area contributed by atoms with Crippen LogP contribution in [0.3, 0.4) is 0 Å². The van der Waals surface area contributed by atoms with E-state index in [2.05, 4.69) is 16.5 Å². The molecule has 0 unspecified atom stereocenters. The molecule has 0 atom stereocenters. The van der Waals surface area contributed by atoms with Crippen molar-refractivity contribution < 1.29 is 14.3 Å². The van der Waals surface area contributed by atoms with Crippen molar-refractivity contribution in [2.45, 2.75) is 40.0 Å². The Kier molecular flexibility index (Phi) is 6.32. The molecule has 0 bridgehead atoms. The molecule has 2 amide bonds. The van der Waals surface area contributed by atoms with Gasteiger partial charge in [0, 0.05) is 19.4 Å². The third-order valence-corrected chi connectivity index (χ3v) is 5.00. The van der Waals surface area contributed by atoms with Crippen LogP contribution in [-0.4, -0.2) is 31.2 Å². The Hall–Kier alpha value is -3.15. The van der Waals surface area contributed by atoms with Gasteiger partial charge in [0.2, 0.25) is 5.91 Å². The smallest absolute Gasteiger partial charge is 0.267 e. The van der Waals surface area contributed by atoms with E-state index in [1.165, 1.54) is 5.01 Å². The van der Waals surface area contributed by atoms with E-state index in [0.29, 0.717) is 25.1 Å². The number of benzene rings is 2. The normalized spacial score (nSPS) is 13.9. The fourth-order valence-electron chi connectivity index (χ4n) is 3.37. The van der Waals surface area contributed by atoms with Crippen molar-refractivity contribution in [2.75, 3.05) is 18.7 Å². The van der Waals surface area contributed by atoms with Crippen LogP contribution in [-0.2, 0) is 16.0 Å². The van der Waals surface area contributed by atoms with Crippen LogP contribution in [0.15, 0.2) is 41.5 Å². The second-order valence-corrected chi connectivity index (χ2v) is 7.36. The van der Waals surface area contributed by atoms with Gasteiger partial charge in [-0.15, -0.1) is 0 Å². The highest BCUT2D eigenvalue weighted by molar-refractivity contribution is 6.40. The first-order chi connectivity index (χ1) is 13.9. The molecule has 2 aromatic rings. The Morgan fingerprint density at radius 1 is 1.10 bits per heavy atom. The predicted octanol–water partition coefficient (Wildman–Crippen LogP) is 3.46. The molecule has 152 valence electrons. The number of ether oxygens (including phenoxy) is 1. The second-order valence-electron chi connectivity index (χ2n) is 7.36. The van der Waals surface area contributed by atoms with Gasteiger partial charge in [-0.25, -0.2) is 5.01 Å². The van der Waals surface area contributed by atoms with Gasteiger partial charge in [-0.2, -0.15) is 5.10 Å². The van der Waals surface area contributed by atoms with Crippen LogP contribution in [0.5, 0.6) is 5.75 Å². The number of anilines is 1. The molecule has 1 N–H and O–H groups in total. The first-order valence-corrected chi connectivity index (χ1v) is 9.78. The Morgan fingerprint density at radius 3 is 2.59 bits per heavy atom. The predicted molar refractivity (Wildman–Crippen MR) is 115 cm³/mol. The largest absolute Gasteiger partial charge is 0.496 e. The first kappa shape index (κ1) is 20.6. The number of carbonyl (C=O) groups excluding carboxylic acids is 2. The van der Waals surface area contributed by atoms with E-state index in [1.54, 1.807) is 7.11 Å². The number of amides is 2. The molecule has 1 heterocycles. The van der Waals surface area contributed by atoms with E-state index >= 15 is 0 Å². The summed E-state index contributed by atoms with van der Waals surface area (Å²) in [4.78, 5) is 25.0. The van der Waals surface area contributed by atoms with Crippen LogP contribution < -0.4 is 15.1 Å². The Labute approximate surface area is 171 Å². The molecule has 1 aliphatic heterocycles. The molecule has 0 spiro atoms. The van der Waals surface area contributed by atoms with Crippen LogP contribution in [0.25, 0.3) is 0 Å².